The van der Waals surface area contributed by atoms with Gasteiger partial charge in [0, 0.05) is 0 Å². The smallest absolute Gasteiger partial charge is 0.155 e. The van der Waals surface area contributed by atoms with Crippen LogP contribution in [0.2, 0.25) is 0 Å². The summed E-state index contributed by atoms with van der Waals surface area (Å²) in [5, 5.41) is 0. The number of Topliss-reactive ketones (excluding diaryl/α,β-unsaturated/α-hetero) is 1. The zero-order valence-corrected chi connectivity index (χ0v) is 8.43. The molecule has 0 amide bonds. The predicted octanol–water partition coefficient (Wildman–Crippen LogP) is 2.56. The molecule has 0 saturated carbocycles. The first-order chi connectivity index (χ1) is 5.66. The lowest BCUT2D eigenvalue weighted by molar-refractivity contribution is -0.123. The number of ketones is 1. The van der Waals surface area contributed by atoms with Crippen molar-refractivity contribution in [3.8, 4) is 0 Å². The monoisotopic (exact) mass is 172 g/mol. The molecule has 0 aromatic heterocycles. The number of ether oxygens (including phenoxy) is 1. The summed E-state index contributed by atoms with van der Waals surface area (Å²) in [6.45, 7) is 6.03. The van der Waals surface area contributed by atoms with E-state index in [-0.39, 0.29) is 18.5 Å². The van der Waals surface area contributed by atoms with E-state index in [0.717, 1.165) is 6.42 Å². The van der Waals surface area contributed by atoms with Gasteiger partial charge in [0.05, 0.1) is 6.10 Å². The van der Waals surface area contributed by atoms with E-state index >= 15 is 0 Å². The average molecular weight is 172 g/mol. The normalized spacial score (nSPS) is 12.9. The zero-order chi connectivity index (χ0) is 9.40. The highest BCUT2D eigenvalue weighted by Crippen LogP contribution is 2.05. The van der Waals surface area contributed by atoms with Crippen molar-refractivity contribution in [1.82, 2.24) is 0 Å². The molecule has 0 saturated heterocycles. The van der Waals surface area contributed by atoms with E-state index in [1.807, 2.05) is 6.92 Å². The Kier molecular flexibility index (Phi) is 7.06. The van der Waals surface area contributed by atoms with Crippen LogP contribution in [-0.2, 0) is 9.53 Å². The van der Waals surface area contributed by atoms with Crippen LogP contribution in [0.5, 0.6) is 0 Å². The molecular formula is C10H20O2. The molecule has 1 atom stereocenters. The second-order valence-electron chi connectivity index (χ2n) is 3.32. The van der Waals surface area contributed by atoms with Crippen molar-refractivity contribution < 1.29 is 9.53 Å². The largest absolute Gasteiger partial charge is 0.371 e. The third-order valence-electron chi connectivity index (χ3n) is 1.79. The van der Waals surface area contributed by atoms with Crippen molar-refractivity contribution in [3.05, 3.63) is 0 Å². The maximum atomic E-state index is 10.6. The molecule has 0 aliphatic carbocycles. The Hall–Kier alpha value is -0.370. The van der Waals surface area contributed by atoms with Crippen LogP contribution in [0.25, 0.3) is 0 Å². The molecule has 0 N–H and O–H groups in total. The molecule has 2 nitrogen and oxygen atoms in total. The van der Waals surface area contributed by atoms with Crippen LogP contribution < -0.4 is 0 Å². The zero-order valence-electron chi connectivity index (χ0n) is 8.43. The molecule has 0 aliphatic rings. The van der Waals surface area contributed by atoms with Gasteiger partial charge in [-0.2, -0.15) is 0 Å². The predicted molar refractivity (Wildman–Crippen MR) is 50.2 cm³/mol. The standard InChI is InChI=1S/C10H20O2/c1-4-5-6-7-10(3)12-8-9(2)11/h10H,4-8H2,1-3H3. The van der Waals surface area contributed by atoms with Gasteiger partial charge in [-0.05, 0) is 20.3 Å². The van der Waals surface area contributed by atoms with Crippen molar-refractivity contribution in [2.75, 3.05) is 6.61 Å². The molecule has 0 aromatic rings. The van der Waals surface area contributed by atoms with Crippen molar-refractivity contribution in [2.24, 2.45) is 0 Å². The summed E-state index contributed by atoms with van der Waals surface area (Å²) < 4.78 is 5.30. The van der Waals surface area contributed by atoms with Crippen LogP contribution in [0, 0.1) is 0 Å². The maximum absolute atomic E-state index is 10.6. The molecule has 0 rings (SSSR count). The van der Waals surface area contributed by atoms with Crippen molar-refractivity contribution in [2.45, 2.75) is 52.6 Å². The van der Waals surface area contributed by atoms with Gasteiger partial charge in [0.15, 0.2) is 5.78 Å². The second-order valence-corrected chi connectivity index (χ2v) is 3.32. The Morgan fingerprint density at radius 3 is 2.58 bits per heavy atom. The Morgan fingerprint density at radius 1 is 1.42 bits per heavy atom. The number of carbonyl (C=O) groups excluding carboxylic acids is 1. The molecule has 0 heterocycles. The van der Waals surface area contributed by atoms with Crippen molar-refractivity contribution in [3.63, 3.8) is 0 Å². The van der Waals surface area contributed by atoms with Gasteiger partial charge in [0.25, 0.3) is 0 Å². The molecule has 0 fully saturated rings. The Labute approximate surface area is 75.3 Å². The van der Waals surface area contributed by atoms with E-state index in [4.69, 9.17) is 4.74 Å². The minimum atomic E-state index is 0.109. The van der Waals surface area contributed by atoms with Gasteiger partial charge in [0.2, 0.25) is 0 Å². The lowest BCUT2D eigenvalue weighted by Gasteiger charge is -2.10. The maximum Gasteiger partial charge on any atom is 0.155 e. The van der Waals surface area contributed by atoms with Gasteiger partial charge in [-0.1, -0.05) is 26.2 Å². The van der Waals surface area contributed by atoms with E-state index in [0.29, 0.717) is 0 Å². The first-order valence-electron chi connectivity index (χ1n) is 4.77. The van der Waals surface area contributed by atoms with Crippen molar-refractivity contribution in [1.29, 1.82) is 0 Å². The highest BCUT2D eigenvalue weighted by molar-refractivity contribution is 5.76. The molecule has 1 unspecified atom stereocenters. The first kappa shape index (κ1) is 11.6. The molecule has 0 spiro atoms. The lowest BCUT2D eigenvalue weighted by Crippen LogP contribution is -2.13. The highest BCUT2D eigenvalue weighted by atomic mass is 16.5. The molecule has 0 aromatic carbocycles. The minimum Gasteiger partial charge on any atom is -0.371 e. The van der Waals surface area contributed by atoms with E-state index in [1.54, 1.807) is 6.92 Å². The summed E-state index contributed by atoms with van der Waals surface area (Å²) in [7, 11) is 0. The molecule has 0 radical (unpaired) electrons. The Balaban J connectivity index is 3.21. The highest BCUT2D eigenvalue weighted by Gasteiger charge is 2.02. The number of unbranched alkanes of at least 4 members (excludes halogenated alkanes) is 2. The second kappa shape index (κ2) is 7.29. The van der Waals surface area contributed by atoms with Crippen LogP contribution in [0.3, 0.4) is 0 Å². The molecule has 0 aliphatic heterocycles. The van der Waals surface area contributed by atoms with Crippen LogP contribution in [0.4, 0.5) is 0 Å². The summed E-state index contributed by atoms with van der Waals surface area (Å²) >= 11 is 0. The quantitative estimate of drug-likeness (QED) is 0.552. The summed E-state index contributed by atoms with van der Waals surface area (Å²) in [5.41, 5.74) is 0. The fraction of sp³-hybridized carbons (Fsp3) is 0.900. The molecule has 0 bridgehead atoms. The molecule has 2 heteroatoms. The molecular weight excluding hydrogens is 152 g/mol. The third kappa shape index (κ3) is 7.73. The number of hydrogen-bond acceptors (Lipinski definition) is 2. The van der Waals surface area contributed by atoms with Gasteiger partial charge in [-0.3, -0.25) is 4.79 Å². The third-order valence-corrected chi connectivity index (χ3v) is 1.79. The summed E-state index contributed by atoms with van der Waals surface area (Å²) in [5.74, 6) is 0.109. The van der Waals surface area contributed by atoms with Crippen LogP contribution in [-0.4, -0.2) is 18.5 Å². The summed E-state index contributed by atoms with van der Waals surface area (Å²) in [6, 6.07) is 0. The lowest BCUT2D eigenvalue weighted by atomic mass is 10.1. The Bertz CT molecular complexity index is 121. The Morgan fingerprint density at radius 2 is 2.08 bits per heavy atom. The van der Waals surface area contributed by atoms with Crippen LogP contribution >= 0.6 is 0 Å². The molecule has 72 valence electrons. The number of rotatable bonds is 7. The van der Waals surface area contributed by atoms with E-state index < -0.39 is 0 Å². The number of hydrogen-bond donors (Lipinski definition) is 0. The fourth-order valence-electron chi connectivity index (χ4n) is 1.02. The number of carbonyl (C=O) groups is 1. The van der Waals surface area contributed by atoms with Crippen molar-refractivity contribution >= 4 is 5.78 Å². The van der Waals surface area contributed by atoms with Crippen LogP contribution in [0.15, 0.2) is 0 Å². The summed E-state index contributed by atoms with van der Waals surface area (Å²) in [6.07, 6.45) is 5.00. The first-order valence-corrected chi connectivity index (χ1v) is 4.77. The van der Waals surface area contributed by atoms with Gasteiger partial charge in [-0.25, -0.2) is 0 Å². The molecule has 12 heavy (non-hydrogen) atoms. The SMILES string of the molecule is CCCCCC(C)OCC(C)=O. The van der Waals surface area contributed by atoms with E-state index in [2.05, 4.69) is 6.92 Å². The fourth-order valence-corrected chi connectivity index (χ4v) is 1.02. The van der Waals surface area contributed by atoms with E-state index in [9.17, 15) is 4.79 Å². The van der Waals surface area contributed by atoms with Gasteiger partial charge in [-0.15, -0.1) is 0 Å². The van der Waals surface area contributed by atoms with Gasteiger partial charge >= 0.3 is 0 Å². The van der Waals surface area contributed by atoms with E-state index in [1.165, 1.54) is 19.3 Å². The van der Waals surface area contributed by atoms with Crippen LogP contribution in [0.1, 0.15) is 46.5 Å². The average Bonchev–Trinajstić information content (AvgIpc) is 2.01. The topological polar surface area (TPSA) is 26.3 Å². The summed E-state index contributed by atoms with van der Waals surface area (Å²) in [4.78, 5) is 10.6. The van der Waals surface area contributed by atoms with Gasteiger partial charge < -0.3 is 4.74 Å². The minimum absolute atomic E-state index is 0.109. The van der Waals surface area contributed by atoms with Gasteiger partial charge in [0.1, 0.15) is 6.61 Å².